The zero-order valence-corrected chi connectivity index (χ0v) is 11.1. The van der Waals surface area contributed by atoms with Crippen LogP contribution in [-0.2, 0) is 16.7 Å². The molecule has 0 saturated heterocycles. The van der Waals surface area contributed by atoms with Gasteiger partial charge in [-0.3, -0.25) is 4.79 Å². The molecule has 5 heteroatoms. The lowest BCUT2D eigenvalue weighted by molar-refractivity contribution is 0.0989. The van der Waals surface area contributed by atoms with Gasteiger partial charge >= 0.3 is 0 Å². The van der Waals surface area contributed by atoms with Gasteiger partial charge in [-0.25, -0.2) is 0 Å². The fourth-order valence-corrected chi connectivity index (χ4v) is 1.93. The first-order valence-electron chi connectivity index (χ1n) is 5.13. The molecule has 1 rings (SSSR count). The molecule has 2 N–H and O–H groups in total. The van der Waals surface area contributed by atoms with Gasteiger partial charge in [0.25, 0.3) is 0 Å². The van der Waals surface area contributed by atoms with E-state index in [1.54, 1.807) is 6.07 Å². The summed E-state index contributed by atoms with van der Waals surface area (Å²) in [6.45, 7) is 2.75. The Morgan fingerprint density at radius 2 is 2.24 bits per heavy atom. The number of alkyl halides is 1. The highest BCUT2D eigenvalue weighted by Crippen LogP contribution is 2.19. The molecule has 0 atom stereocenters. The van der Waals surface area contributed by atoms with Crippen LogP contribution in [0.5, 0.6) is 0 Å². The van der Waals surface area contributed by atoms with Crippen LogP contribution < -0.4 is 5.73 Å². The Bertz CT molecular complexity index is 466. The summed E-state index contributed by atoms with van der Waals surface area (Å²) < 4.78 is 5.28. The molecule has 17 heavy (non-hydrogen) atoms. The number of halogens is 1. The van der Waals surface area contributed by atoms with Crippen LogP contribution >= 0.6 is 15.9 Å². The molecule has 1 amide bonds. The van der Waals surface area contributed by atoms with Gasteiger partial charge in [0.2, 0.25) is 5.91 Å². The molecule has 0 saturated carbocycles. The van der Waals surface area contributed by atoms with Crippen LogP contribution in [0.2, 0.25) is 0 Å². The summed E-state index contributed by atoms with van der Waals surface area (Å²) in [5.41, 5.74) is 7.63. The molecule has 4 nitrogen and oxygen atoms in total. The summed E-state index contributed by atoms with van der Waals surface area (Å²) in [4.78, 5) is 11.3. The van der Waals surface area contributed by atoms with Gasteiger partial charge < -0.3 is 10.5 Å². The summed E-state index contributed by atoms with van der Waals surface area (Å²) in [5, 5.41) is 9.52. The monoisotopic (exact) mass is 296 g/mol. The predicted molar refractivity (Wildman–Crippen MR) is 67.6 cm³/mol. The van der Waals surface area contributed by atoms with E-state index in [-0.39, 0.29) is 0 Å². The van der Waals surface area contributed by atoms with Crippen molar-refractivity contribution in [2.75, 3.05) is 6.61 Å². The number of nitrogens with two attached hydrogens (primary N) is 1. The summed E-state index contributed by atoms with van der Waals surface area (Å²) >= 11 is 3.30. The Labute approximate surface area is 108 Å². The smallest absolute Gasteiger partial charge is 0.249 e. The fraction of sp³-hybridized carbons (Fsp3) is 0.333. The highest BCUT2D eigenvalue weighted by molar-refractivity contribution is 9.08. The summed E-state index contributed by atoms with van der Waals surface area (Å²) in [5.74, 6) is -0.544. The van der Waals surface area contributed by atoms with Gasteiger partial charge in [0, 0.05) is 17.5 Å². The lowest BCUT2D eigenvalue weighted by Crippen LogP contribution is -2.15. The zero-order chi connectivity index (χ0) is 12.8. The van der Waals surface area contributed by atoms with Crippen LogP contribution in [0.15, 0.2) is 12.1 Å². The molecule has 0 heterocycles. The Kier molecular flexibility index (Phi) is 5.13. The van der Waals surface area contributed by atoms with Gasteiger partial charge in [0.1, 0.15) is 0 Å². The number of hydrogen-bond donors (Lipinski definition) is 1. The first-order chi connectivity index (χ1) is 8.13. The van der Waals surface area contributed by atoms with E-state index in [9.17, 15) is 4.79 Å². The number of primary amides is 1. The first-order valence-corrected chi connectivity index (χ1v) is 6.25. The Morgan fingerprint density at radius 3 is 2.71 bits per heavy atom. The van der Waals surface area contributed by atoms with Gasteiger partial charge in [0.15, 0.2) is 0 Å². The summed E-state index contributed by atoms with van der Waals surface area (Å²) in [6, 6.07) is 5.35. The predicted octanol–water partition coefficient (Wildman–Crippen LogP) is 2.09. The molecule has 0 aliphatic heterocycles. The van der Waals surface area contributed by atoms with Crippen LogP contribution in [0.1, 0.15) is 34.0 Å². The van der Waals surface area contributed by atoms with Crippen LogP contribution in [0.4, 0.5) is 0 Å². The van der Waals surface area contributed by atoms with E-state index in [1.165, 1.54) is 6.07 Å². The van der Waals surface area contributed by atoms with Crippen molar-refractivity contribution in [2.45, 2.75) is 18.9 Å². The van der Waals surface area contributed by atoms with Gasteiger partial charge in [-0.05, 0) is 24.1 Å². The van der Waals surface area contributed by atoms with E-state index < -0.39 is 5.91 Å². The lowest BCUT2D eigenvalue weighted by atomic mass is 9.99. The maximum absolute atomic E-state index is 11.3. The molecule has 0 aliphatic rings. The number of benzene rings is 1. The minimum absolute atomic E-state index is 0.320. The number of nitriles is 1. The molecule has 0 unspecified atom stereocenters. The van der Waals surface area contributed by atoms with Crippen molar-refractivity contribution in [3.8, 4) is 6.07 Å². The lowest BCUT2D eigenvalue weighted by Gasteiger charge is -2.10. The molecule has 0 spiro atoms. The first kappa shape index (κ1) is 13.7. The summed E-state index contributed by atoms with van der Waals surface area (Å²) in [7, 11) is 0. The SMILES string of the molecule is CCOCc1cc(CBr)c(C#N)cc1C(N)=O. The number of nitrogens with zero attached hydrogens (tertiary/aromatic N) is 1. The topological polar surface area (TPSA) is 76.1 Å². The highest BCUT2D eigenvalue weighted by atomic mass is 79.9. The molecular formula is C12H13BrN2O2. The number of hydrogen-bond acceptors (Lipinski definition) is 3. The Morgan fingerprint density at radius 1 is 1.53 bits per heavy atom. The van der Waals surface area contributed by atoms with Gasteiger partial charge in [-0.15, -0.1) is 0 Å². The van der Waals surface area contributed by atoms with E-state index in [0.717, 1.165) is 5.56 Å². The average Bonchev–Trinajstić information content (AvgIpc) is 2.34. The highest BCUT2D eigenvalue weighted by Gasteiger charge is 2.13. The number of amides is 1. The summed E-state index contributed by atoms with van der Waals surface area (Å²) in [6.07, 6.45) is 0. The average molecular weight is 297 g/mol. The van der Waals surface area contributed by atoms with Crippen molar-refractivity contribution < 1.29 is 9.53 Å². The van der Waals surface area contributed by atoms with Crippen LogP contribution in [0.3, 0.4) is 0 Å². The molecule has 1 aromatic carbocycles. The molecule has 0 aromatic heterocycles. The van der Waals surface area contributed by atoms with Crippen molar-refractivity contribution in [1.29, 1.82) is 5.26 Å². The minimum Gasteiger partial charge on any atom is -0.377 e. The Hall–Kier alpha value is -1.38. The van der Waals surface area contributed by atoms with E-state index >= 15 is 0 Å². The molecule has 0 bridgehead atoms. The maximum Gasteiger partial charge on any atom is 0.249 e. The molecule has 90 valence electrons. The number of rotatable bonds is 5. The van der Waals surface area contributed by atoms with Gasteiger partial charge in [-0.2, -0.15) is 5.26 Å². The largest absolute Gasteiger partial charge is 0.377 e. The number of carbonyl (C=O) groups excluding carboxylic acids is 1. The van der Waals surface area contributed by atoms with Crippen molar-refractivity contribution in [3.05, 3.63) is 34.4 Å². The second-order valence-electron chi connectivity index (χ2n) is 3.41. The number of carbonyl (C=O) groups is 1. The third-order valence-corrected chi connectivity index (χ3v) is 2.92. The minimum atomic E-state index is -0.544. The van der Waals surface area contributed by atoms with E-state index in [0.29, 0.717) is 35.2 Å². The fourth-order valence-electron chi connectivity index (χ4n) is 1.47. The van der Waals surface area contributed by atoms with Crippen LogP contribution in [0, 0.1) is 11.3 Å². The van der Waals surface area contributed by atoms with Crippen molar-refractivity contribution in [2.24, 2.45) is 5.73 Å². The van der Waals surface area contributed by atoms with Crippen molar-refractivity contribution >= 4 is 21.8 Å². The second kappa shape index (κ2) is 6.38. The third-order valence-electron chi connectivity index (χ3n) is 2.32. The standard InChI is InChI=1S/C12H13BrN2O2/c1-2-17-7-10-3-8(5-13)9(6-14)4-11(10)12(15)16/h3-4H,2,5,7H2,1H3,(H2,15,16). The van der Waals surface area contributed by atoms with Crippen molar-refractivity contribution in [1.82, 2.24) is 0 Å². The van der Waals surface area contributed by atoms with E-state index in [4.69, 9.17) is 15.7 Å². The van der Waals surface area contributed by atoms with Crippen LogP contribution in [-0.4, -0.2) is 12.5 Å². The molecule has 1 aromatic rings. The zero-order valence-electron chi connectivity index (χ0n) is 9.50. The molecule has 0 radical (unpaired) electrons. The van der Waals surface area contributed by atoms with Gasteiger partial charge in [0.05, 0.1) is 18.2 Å². The Balaban J connectivity index is 3.26. The van der Waals surface area contributed by atoms with E-state index in [2.05, 4.69) is 15.9 Å². The van der Waals surface area contributed by atoms with Crippen LogP contribution in [0.25, 0.3) is 0 Å². The third kappa shape index (κ3) is 3.29. The molecule has 0 aliphatic carbocycles. The molecular weight excluding hydrogens is 284 g/mol. The maximum atomic E-state index is 11.3. The van der Waals surface area contributed by atoms with E-state index in [1.807, 2.05) is 13.0 Å². The van der Waals surface area contributed by atoms with Crippen molar-refractivity contribution in [3.63, 3.8) is 0 Å². The normalized spacial score (nSPS) is 9.94. The second-order valence-corrected chi connectivity index (χ2v) is 3.97. The van der Waals surface area contributed by atoms with Gasteiger partial charge in [-0.1, -0.05) is 22.0 Å². The number of ether oxygens (including phenoxy) is 1. The molecule has 0 fully saturated rings. The quantitative estimate of drug-likeness (QED) is 0.845.